The third-order valence-corrected chi connectivity index (χ3v) is 7.02. The molecule has 8 nitrogen and oxygen atoms in total. The average molecular weight is 461 g/mol. The maximum atomic E-state index is 13.1. The number of furan rings is 1. The van der Waals surface area contributed by atoms with Crippen LogP contribution in [0.2, 0.25) is 0 Å². The van der Waals surface area contributed by atoms with Gasteiger partial charge in [0.1, 0.15) is 5.76 Å². The van der Waals surface area contributed by atoms with Gasteiger partial charge in [0, 0.05) is 23.0 Å². The summed E-state index contributed by atoms with van der Waals surface area (Å²) in [6.45, 7) is 7.31. The number of tetrazole rings is 1. The highest BCUT2D eigenvalue weighted by Gasteiger charge is 2.30. The fourth-order valence-corrected chi connectivity index (χ4v) is 5.36. The molecule has 0 bridgehead atoms. The van der Waals surface area contributed by atoms with Crippen LogP contribution in [-0.4, -0.2) is 30.1 Å². The van der Waals surface area contributed by atoms with Gasteiger partial charge in [-0.25, -0.2) is 4.68 Å². The molecule has 8 heteroatoms. The van der Waals surface area contributed by atoms with Gasteiger partial charge in [-0.2, -0.15) is 0 Å². The van der Waals surface area contributed by atoms with Gasteiger partial charge in [-0.05, 0) is 78.9 Å². The van der Waals surface area contributed by atoms with E-state index < -0.39 is 0 Å². The first-order chi connectivity index (χ1) is 16.5. The van der Waals surface area contributed by atoms with Gasteiger partial charge in [0.05, 0.1) is 24.9 Å². The van der Waals surface area contributed by atoms with Gasteiger partial charge >= 0.3 is 0 Å². The number of aromatic nitrogens is 5. The predicted molar refractivity (Wildman–Crippen MR) is 130 cm³/mol. The Morgan fingerprint density at radius 2 is 2.03 bits per heavy atom. The second-order valence-corrected chi connectivity index (χ2v) is 9.50. The highest BCUT2D eigenvalue weighted by molar-refractivity contribution is 5.83. The topological polar surface area (TPSA) is 92.8 Å². The number of aryl methyl sites for hydroxylation is 2. The number of hydrogen-bond acceptors (Lipinski definition) is 6. The van der Waals surface area contributed by atoms with Crippen LogP contribution in [-0.2, 0) is 13.1 Å². The number of rotatable bonds is 8. The van der Waals surface area contributed by atoms with E-state index in [4.69, 9.17) is 4.42 Å². The van der Waals surface area contributed by atoms with E-state index in [9.17, 15) is 4.79 Å². The van der Waals surface area contributed by atoms with E-state index >= 15 is 0 Å². The van der Waals surface area contributed by atoms with Crippen LogP contribution in [0.4, 0.5) is 0 Å². The zero-order chi connectivity index (χ0) is 23.7. The summed E-state index contributed by atoms with van der Waals surface area (Å²) < 4.78 is 7.71. The smallest absolute Gasteiger partial charge is 0.252 e. The third-order valence-electron chi connectivity index (χ3n) is 7.02. The summed E-state index contributed by atoms with van der Waals surface area (Å²) >= 11 is 0. The highest BCUT2D eigenvalue weighted by atomic mass is 16.3. The van der Waals surface area contributed by atoms with Crippen LogP contribution >= 0.6 is 0 Å². The van der Waals surface area contributed by atoms with Gasteiger partial charge in [0.15, 0.2) is 5.82 Å². The average Bonchev–Trinajstić information content (AvgIpc) is 3.58. The molecular formula is C26H32N6O2. The largest absolute Gasteiger partial charge is 0.468 e. The molecule has 0 saturated heterocycles. The number of pyridine rings is 1. The second kappa shape index (κ2) is 9.54. The van der Waals surface area contributed by atoms with E-state index in [-0.39, 0.29) is 11.6 Å². The van der Waals surface area contributed by atoms with E-state index in [0.29, 0.717) is 19.1 Å². The van der Waals surface area contributed by atoms with Crippen molar-refractivity contribution in [3.63, 3.8) is 0 Å². The van der Waals surface area contributed by atoms with E-state index in [1.54, 1.807) is 6.26 Å². The van der Waals surface area contributed by atoms with Crippen LogP contribution in [0.15, 0.2) is 45.8 Å². The van der Waals surface area contributed by atoms with Crippen LogP contribution in [0.3, 0.4) is 0 Å². The Labute approximate surface area is 199 Å². The lowest BCUT2D eigenvalue weighted by atomic mass is 10.0. The molecule has 0 radical (unpaired) electrons. The molecular weight excluding hydrogens is 428 g/mol. The van der Waals surface area contributed by atoms with Crippen molar-refractivity contribution < 1.29 is 4.42 Å². The Balaban J connectivity index is 1.53. The Hall–Kier alpha value is -3.26. The van der Waals surface area contributed by atoms with E-state index in [2.05, 4.69) is 45.3 Å². The summed E-state index contributed by atoms with van der Waals surface area (Å²) in [7, 11) is 0. The fraction of sp³-hybridized carbons (Fsp3) is 0.462. The van der Waals surface area contributed by atoms with Crippen LogP contribution in [0.5, 0.6) is 0 Å². The maximum Gasteiger partial charge on any atom is 0.252 e. The van der Waals surface area contributed by atoms with Crippen molar-refractivity contribution in [2.75, 3.05) is 0 Å². The van der Waals surface area contributed by atoms with Gasteiger partial charge < -0.3 is 9.40 Å². The first-order valence-electron chi connectivity index (χ1n) is 12.2. The number of H-pyrrole nitrogens is 1. The van der Waals surface area contributed by atoms with E-state index in [1.165, 1.54) is 12.8 Å². The molecule has 3 aromatic heterocycles. The minimum absolute atomic E-state index is 0.0464. The Morgan fingerprint density at radius 3 is 2.76 bits per heavy atom. The van der Waals surface area contributed by atoms with Crippen molar-refractivity contribution in [1.29, 1.82) is 0 Å². The van der Waals surface area contributed by atoms with Crippen molar-refractivity contribution in [2.24, 2.45) is 0 Å². The normalized spacial score (nSPS) is 15.5. The Kier molecular flexibility index (Phi) is 6.32. The summed E-state index contributed by atoms with van der Waals surface area (Å²) in [6.07, 6.45) is 7.14. The molecule has 1 unspecified atom stereocenters. The van der Waals surface area contributed by atoms with Gasteiger partial charge in [-0.1, -0.05) is 25.8 Å². The fourth-order valence-electron chi connectivity index (χ4n) is 5.36. The molecule has 1 aliphatic rings. The number of hydrogen-bond donors (Lipinski definition) is 1. The molecule has 1 aliphatic carbocycles. The molecule has 0 amide bonds. The minimum Gasteiger partial charge on any atom is -0.468 e. The molecule has 1 saturated carbocycles. The molecule has 5 rings (SSSR count). The molecule has 1 atom stereocenters. The molecule has 4 aromatic rings. The van der Waals surface area contributed by atoms with Gasteiger partial charge in [-0.15, -0.1) is 5.10 Å². The number of fused-ring (bicyclic) bond motifs is 1. The SMILES string of the molecule is CCC(c1nnnn1C1CCCC1)N(Cc1ccco1)Cc1cc2c(C)cc(C)cc2[nH]c1=O. The van der Waals surface area contributed by atoms with Crippen molar-refractivity contribution in [1.82, 2.24) is 30.1 Å². The van der Waals surface area contributed by atoms with Crippen LogP contribution in [0.1, 0.15) is 79.4 Å². The molecule has 0 spiro atoms. The van der Waals surface area contributed by atoms with Crippen LogP contribution < -0.4 is 5.56 Å². The highest BCUT2D eigenvalue weighted by Crippen LogP contribution is 2.33. The summed E-state index contributed by atoms with van der Waals surface area (Å²) in [5.74, 6) is 1.72. The van der Waals surface area contributed by atoms with E-state index in [0.717, 1.165) is 58.4 Å². The molecule has 1 aromatic carbocycles. The maximum absolute atomic E-state index is 13.1. The number of benzene rings is 1. The summed E-state index contributed by atoms with van der Waals surface area (Å²) in [5.41, 5.74) is 3.83. The van der Waals surface area contributed by atoms with Crippen LogP contribution in [0.25, 0.3) is 10.9 Å². The van der Waals surface area contributed by atoms with Crippen molar-refractivity contribution >= 4 is 10.9 Å². The van der Waals surface area contributed by atoms with Crippen molar-refractivity contribution in [3.05, 3.63) is 75.2 Å². The van der Waals surface area contributed by atoms with Crippen LogP contribution in [0, 0.1) is 13.8 Å². The lowest BCUT2D eigenvalue weighted by Gasteiger charge is -2.30. The molecule has 178 valence electrons. The quantitative estimate of drug-likeness (QED) is 0.398. The molecule has 0 aliphatic heterocycles. The summed E-state index contributed by atoms with van der Waals surface area (Å²) in [5, 5.41) is 13.9. The number of aromatic amines is 1. The first-order valence-corrected chi connectivity index (χ1v) is 12.2. The zero-order valence-corrected chi connectivity index (χ0v) is 20.1. The number of nitrogens with one attached hydrogen (secondary N) is 1. The summed E-state index contributed by atoms with van der Waals surface area (Å²) in [6, 6.07) is 10.4. The lowest BCUT2D eigenvalue weighted by molar-refractivity contribution is 0.146. The van der Waals surface area contributed by atoms with E-state index in [1.807, 2.05) is 35.9 Å². The molecule has 1 fully saturated rings. The Bertz CT molecular complexity index is 1320. The first kappa shape index (κ1) is 22.5. The molecule has 1 N–H and O–H groups in total. The number of nitrogens with zero attached hydrogens (tertiary/aromatic N) is 5. The monoisotopic (exact) mass is 460 g/mol. The van der Waals surface area contributed by atoms with Gasteiger partial charge in [0.25, 0.3) is 5.56 Å². The standard InChI is InChI=1S/C26H32N6O2/c1-4-24(25-28-29-30-32(25)20-8-5-6-9-20)31(16-21-10-7-11-34-21)15-19-14-22-18(3)12-17(2)13-23(22)27-26(19)33/h7,10-14,20,24H,4-6,8-9,15-16H2,1-3H3,(H,27,33). The lowest BCUT2D eigenvalue weighted by Crippen LogP contribution is -2.32. The van der Waals surface area contributed by atoms with Crippen molar-refractivity contribution in [3.8, 4) is 0 Å². The second-order valence-electron chi connectivity index (χ2n) is 9.50. The molecule has 3 heterocycles. The third kappa shape index (κ3) is 4.42. The Morgan fingerprint density at radius 1 is 1.21 bits per heavy atom. The van der Waals surface area contributed by atoms with Gasteiger partial charge in [0.2, 0.25) is 0 Å². The molecule has 34 heavy (non-hydrogen) atoms. The van der Waals surface area contributed by atoms with Crippen molar-refractivity contribution in [2.45, 2.75) is 78.0 Å². The van der Waals surface area contributed by atoms with Gasteiger partial charge in [-0.3, -0.25) is 9.69 Å². The predicted octanol–water partition coefficient (Wildman–Crippen LogP) is 4.99. The summed E-state index contributed by atoms with van der Waals surface area (Å²) in [4.78, 5) is 18.5. The zero-order valence-electron chi connectivity index (χ0n) is 20.1. The minimum atomic E-state index is -0.0628.